The number of halogens is 2. The van der Waals surface area contributed by atoms with Crippen LogP contribution in [0.25, 0.3) is 6.08 Å². The van der Waals surface area contributed by atoms with E-state index < -0.39 is 23.7 Å². The van der Waals surface area contributed by atoms with E-state index in [0.29, 0.717) is 16.2 Å². The van der Waals surface area contributed by atoms with Crippen LogP contribution in [-0.2, 0) is 9.59 Å². The van der Waals surface area contributed by atoms with Crippen molar-refractivity contribution in [1.29, 1.82) is 0 Å². The van der Waals surface area contributed by atoms with Crippen LogP contribution >= 0.6 is 56.9 Å². The molecule has 0 atom stereocenters. The maximum Gasteiger partial charge on any atom is 0.323 e. The predicted molar refractivity (Wildman–Crippen MR) is 107 cm³/mol. The van der Waals surface area contributed by atoms with E-state index in [1.807, 2.05) is 0 Å². The molecule has 0 spiro atoms. The van der Waals surface area contributed by atoms with Crippen LogP contribution in [0.4, 0.5) is 4.79 Å². The van der Waals surface area contributed by atoms with Crippen molar-refractivity contribution in [2.45, 2.75) is 0 Å². The number of terminal acetylenes is 1. The second-order valence-corrected chi connectivity index (χ2v) is 7.79. The third-order valence-corrected chi connectivity index (χ3v) is 5.30. The number of carboxylic acid groups (broad SMARTS) is 1. The van der Waals surface area contributed by atoms with Crippen LogP contribution < -0.4 is 4.74 Å². The van der Waals surface area contributed by atoms with Gasteiger partial charge in [-0.25, -0.2) is 0 Å². The largest absolute Gasteiger partial charge is 0.480 e. The maximum atomic E-state index is 12.1. The number of carboxylic acids is 1. The van der Waals surface area contributed by atoms with E-state index in [4.69, 9.17) is 16.3 Å². The zero-order chi connectivity index (χ0) is 17.9. The minimum atomic E-state index is -1.24. The molecule has 0 radical (unpaired) electrons. The molecule has 1 aromatic rings. The lowest BCUT2D eigenvalue weighted by Gasteiger charge is -2.09. The van der Waals surface area contributed by atoms with Crippen molar-refractivity contribution in [3.63, 3.8) is 0 Å². The van der Waals surface area contributed by atoms with E-state index in [2.05, 4.69) is 51.1 Å². The number of benzene rings is 1. The van der Waals surface area contributed by atoms with Crippen LogP contribution in [0.5, 0.6) is 5.75 Å². The highest BCUT2D eigenvalue weighted by Gasteiger charge is 2.36. The van der Waals surface area contributed by atoms with Gasteiger partial charge in [0.2, 0.25) is 0 Å². The summed E-state index contributed by atoms with van der Waals surface area (Å²) in [6.45, 7) is -0.491. The molecule has 1 fully saturated rings. The van der Waals surface area contributed by atoms with Gasteiger partial charge in [-0.15, -0.1) is 6.42 Å². The molecule has 1 aliphatic rings. The van der Waals surface area contributed by atoms with E-state index in [1.165, 1.54) is 0 Å². The Morgan fingerprint density at radius 2 is 2.00 bits per heavy atom. The van der Waals surface area contributed by atoms with Crippen molar-refractivity contribution in [3.8, 4) is 18.1 Å². The Hall–Kier alpha value is -1.26. The smallest absolute Gasteiger partial charge is 0.323 e. The number of thioether (sulfide) groups is 1. The Morgan fingerprint density at radius 3 is 2.54 bits per heavy atom. The van der Waals surface area contributed by atoms with Gasteiger partial charge in [0.15, 0.2) is 0 Å². The first-order chi connectivity index (χ1) is 11.3. The van der Waals surface area contributed by atoms with Crippen molar-refractivity contribution in [2.24, 2.45) is 0 Å². The van der Waals surface area contributed by atoms with Gasteiger partial charge in [-0.1, -0.05) is 5.92 Å². The second-order valence-electron chi connectivity index (χ2n) is 4.47. The van der Waals surface area contributed by atoms with Crippen LogP contribution in [0.15, 0.2) is 17.0 Å². The summed E-state index contributed by atoms with van der Waals surface area (Å²) in [5.41, 5.74) is 0.706. The Kier molecular flexibility index (Phi) is 6.53. The number of imide groups is 1. The summed E-state index contributed by atoms with van der Waals surface area (Å²) in [4.78, 5) is 35.5. The molecule has 0 saturated carbocycles. The number of aliphatic carboxylic acids is 1. The summed E-state index contributed by atoms with van der Waals surface area (Å²) in [6.07, 6.45) is 6.74. The molecule has 1 heterocycles. The highest BCUT2D eigenvalue weighted by Crippen LogP contribution is 2.34. The molecule has 0 aliphatic carbocycles. The summed E-state index contributed by atoms with van der Waals surface area (Å²) in [5, 5.41) is 8.16. The third kappa shape index (κ3) is 4.42. The first-order valence-corrected chi connectivity index (χ1v) is 9.33. The average Bonchev–Trinajstić information content (AvgIpc) is 2.74. The van der Waals surface area contributed by atoms with Crippen LogP contribution in [0.1, 0.15) is 5.56 Å². The van der Waals surface area contributed by atoms with Gasteiger partial charge in [-0.3, -0.25) is 19.3 Å². The zero-order valence-electron chi connectivity index (χ0n) is 11.9. The molecular formula is C15H9I2NO5S. The molecule has 1 aliphatic heterocycles. The molecule has 2 rings (SSSR count). The van der Waals surface area contributed by atoms with Gasteiger partial charge in [-0.2, -0.15) is 0 Å². The van der Waals surface area contributed by atoms with Gasteiger partial charge in [0.25, 0.3) is 11.1 Å². The first kappa shape index (κ1) is 19.1. The number of hydrogen-bond acceptors (Lipinski definition) is 5. The van der Waals surface area contributed by atoms with Crippen LogP contribution in [0.2, 0.25) is 0 Å². The second kappa shape index (κ2) is 8.21. The molecule has 0 aromatic heterocycles. The minimum Gasteiger partial charge on any atom is -0.480 e. The minimum absolute atomic E-state index is 0.152. The number of nitrogens with zero attached hydrogens (tertiary/aromatic N) is 1. The standard InChI is InChI=1S/C15H9I2NO5S/c1-2-3-23-13-9(16)4-8(5-10(13)17)6-11-14(21)18(7-12(19)20)15(22)24-11/h1,4-6H,3,7H2,(H,19,20)/b11-6+. The van der Waals surface area contributed by atoms with Crippen LogP contribution in [0, 0.1) is 19.5 Å². The molecule has 2 amide bonds. The third-order valence-electron chi connectivity index (χ3n) is 2.79. The number of rotatable bonds is 5. The van der Waals surface area contributed by atoms with E-state index >= 15 is 0 Å². The fourth-order valence-electron chi connectivity index (χ4n) is 1.84. The number of hydrogen-bond donors (Lipinski definition) is 1. The van der Waals surface area contributed by atoms with Crippen molar-refractivity contribution in [3.05, 3.63) is 29.7 Å². The monoisotopic (exact) mass is 569 g/mol. The van der Waals surface area contributed by atoms with E-state index in [1.54, 1.807) is 18.2 Å². The SMILES string of the molecule is C#CCOc1c(I)cc(/C=C2/SC(=O)N(CC(=O)O)C2=O)cc1I. The lowest BCUT2D eigenvalue weighted by atomic mass is 10.2. The molecule has 24 heavy (non-hydrogen) atoms. The van der Waals surface area contributed by atoms with E-state index in [-0.39, 0.29) is 11.5 Å². The van der Waals surface area contributed by atoms with Crippen molar-refractivity contribution in [2.75, 3.05) is 13.2 Å². The number of carbonyl (C=O) groups is 3. The fraction of sp³-hybridized carbons (Fsp3) is 0.133. The van der Waals surface area contributed by atoms with Gasteiger partial charge in [0.05, 0.1) is 12.0 Å². The van der Waals surface area contributed by atoms with E-state index in [9.17, 15) is 14.4 Å². The summed E-state index contributed by atoms with van der Waals surface area (Å²) >= 11 is 4.91. The molecular weight excluding hydrogens is 560 g/mol. The lowest BCUT2D eigenvalue weighted by Crippen LogP contribution is -2.33. The number of amides is 2. The molecule has 0 unspecified atom stereocenters. The molecule has 1 aromatic carbocycles. The van der Waals surface area contributed by atoms with Gasteiger partial charge < -0.3 is 9.84 Å². The highest BCUT2D eigenvalue weighted by atomic mass is 127. The fourth-order valence-corrected chi connectivity index (χ4v) is 4.80. The van der Waals surface area contributed by atoms with Gasteiger partial charge >= 0.3 is 5.97 Å². The molecule has 6 nitrogen and oxygen atoms in total. The van der Waals surface area contributed by atoms with Crippen LogP contribution in [-0.4, -0.2) is 40.3 Å². The number of ether oxygens (including phenoxy) is 1. The quantitative estimate of drug-likeness (QED) is 0.334. The highest BCUT2D eigenvalue weighted by molar-refractivity contribution is 14.1. The summed E-state index contributed by atoms with van der Waals surface area (Å²) < 4.78 is 7.09. The Morgan fingerprint density at radius 1 is 1.38 bits per heavy atom. The Balaban J connectivity index is 2.29. The zero-order valence-corrected chi connectivity index (χ0v) is 17.0. The summed E-state index contributed by atoms with van der Waals surface area (Å²) in [7, 11) is 0. The van der Waals surface area contributed by atoms with Crippen molar-refractivity contribution >= 4 is 80.1 Å². The molecule has 124 valence electrons. The van der Waals surface area contributed by atoms with Gasteiger partial charge in [-0.05, 0) is 80.7 Å². The van der Waals surface area contributed by atoms with Crippen LogP contribution in [0.3, 0.4) is 0 Å². The van der Waals surface area contributed by atoms with Crippen molar-refractivity contribution in [1.82, 2.24) is 4.90 Å². The van der Waals surface area contributed by atoms with Gasteiger partial charge in [0, 0.05) is 0 Å². The molecule has 9 heteroatoms. The lowest BCUT2D eigenvalue weighted by molar-refractivity contribution is -0.140. The van der Waals surface area contributed by atoms with Crippen molar-refractivity contribution < 1.29 is 24.2 Å². The maximum absolute atomic E-state index is 12.1. The Bertz CT molecular complexity index is 777. The van der Waals surface area contributed by atoms with Gasteiger partial charge in [0.1, 0.15) is 18.9 Å². The normalized spacial score (nSPS) is 15.7. The molecule has 1 saturated heterocycles. The summed E-state index contributed by atoms with van der Waals surface area (Å²) in [5.74, 6) is 1.21. The Labute approximate surface area is 169 Å². The molecule has 0 bridgehead atoms. The number of carbonyl (C=O) groups excluding carboxylic acids is 2. The average molecular weight is 569 g/mol. The summed E-state index contributed by atoms with van der Waals surface area (Å²) in [6, 6.07) is 3.58. The predicted octanol–water partition coefficient (Wildman–Crippen LogP) is 3.03. The molecule has 1 N–H and O–H groups in total. The van der Waals surface area contributed by atoms with E-state index in [0.717, 1.165) is 18.9 Å². The topological polar surface area (TPSA) is 83.9 Å². The first-order valence-electron chi connectivity index (χ1n) is 6.36.